The summed E-state index contributed by atoms with van der Waals surface area (Å²) in [6.07, 6.45) is 0. The molecule has 1 aromatic carbocycles. The molecule has 102 valence electrons. The number of halogens is 1. The summed E-state index contributed by atoms with van der Waals surface area (Å²) in [6, 6.07) is 5.42. The summed E-state index contributed by atoms with van der Waals surface area (Å²) in [7, 11) is 1.66. The first-order valence-corrected chi connectivity index (χ1v) is 6.45. The molecular weight excluding hydrogens is 231 g/mol. The normalized spacial score (nSPS) is 10.7. The highest BCUT2D eigenvalue weighted by atomic mass is 19.1. The third-order valence-corrected chi connectivity index (χ3v) is 2.88. The SMILES string of the molecule is CCNCc1ccc(N(CC)CCOC)c(F)c1. The fourth-order valence-electron chi connectivity index (χ4n) is 1.84. The van der Waals surface area contributed by atoms with Crippen LogP contribution in [0.15, 0.2) is 18.2 Å². The van der Waals surface area contributed by atoms with E-state index in [1.807, 2.05) is 30.9 Å². The monoisotopic (exact) mass is 254 g/mol. The summed E-state index contributed by atoms with van der Waals surface area (Å²) in [5.74, 6) is -0.164. The molecule has 18 heavy (non-hydrogen) atoms. The van der Waals surface area contributed by atoms with Crippen molar-refractivity contribution >= 4 is 5.69 Å². The smallest absolute Gasteiger partial charge is 0.146 e. The average molecular weight is 254 g/mol. The molecule has 0 amide bonds. The Morgan fingerprint density at radius 2 is 2.11 bits per heavy atom. The van der Waals surface area contributed by atoms with E-state index in [4.69, 9.17) is 4.74 Å². The summed E-state index contributed by atoms with van der Waals surface area (Å²) in [5, 5.41) is 3.19. The van der Waals surface area contributed by atoms with Gasteiger partial charge < -0.3 is 15.0 Å². The summed E-state index contributed by atoms with van der Waals surface area (Å²) in [5.41, 5.74) is 1.62. The van der Waals surface area contributed by atoms with E-state index in [9.17, 15) is 4.39 Å². The highest BCUT2D eigenvalue weighted by molar-refractivity contribution is 5.49. The van der Waals surface area contributed by atoms with Crippen LogP contribution in [0.5, 0.6) is 0 Å². The molecule has 1 N–H and O–H groups in total. The van der Waals surface area contributed by atoms with E-state index in [2.05, 4.69) is 5.32 Å². The quantitative estimate of drug-likeness (QED) is 0.771. The van der Waals surface area contributed by atoms with Crippen LogP contribution in [0.2, 0.25) is 0 Å². The molecule has 0 spiro atoms. The van der Waals surface area contributed by atoms with Crippen molar-refractivity contribution in [2.75, 3.05) is 38.3 Å². The van der Waals surface area contributed by atoms with Crippen molar-refractivity contribution in [3.05, 3.63) is 29.6 Å². The lowest BCUT2D eigenvalue weighted by Gasteiger charge is -2.23. The van der Waals surface area contributed by atoms with Gasteiger partial charge in [-0.15, -0.1) is 0 Å². The second-order valence-corrected chi connectivity index (χ2v) is 4.14. The topological polar surface area (TPSA) is 24.5 Å². The zero-order chi connectivity index (χ0) is 13.4. The zero-order valence-corrected chi connectivity index (χ0v) is 11.5. The van der Waals surface area contributed by atoms with E-state index < -0.39 is 0 Å². The van der Waals surface area contributed by atoms with Crippen molar-refractivity contribution in [2.45, 2.75) is 20.4 Å². The van der Waals surface area contributed by atoms with Gasteiger partial charge in [-0.3, -0.25) is 0 Å². The highest BCUT2D eigenvalue weighted by Crippen LogP contribution is 2.20. The Morgan fingerprint density at radius 1 is 1.33 bits per heavy atom. The lowest BCUT2D eigenvalue weighted by Crippen LogP contribution is -2.27. The number of ether oxygens (including phenoxy) is 1. The van der Waals surface area contributed by atoms with Gasteiger partial charge in [0.25, 0.3) is 0 Å². The van der Waals surface area contributed by atoms with Gasteiger partial charge in [0.15, 0.2) is 0 Å². The van der Waals surface area contributed by atoms with Gasteiger partial charge in [-0.25, -0.2) is 4.39 Å². The maximum Gasteiger partial charge on any atom is 0.146 e. The predicted octanol–water partition coefficient (Wildman–Crippen LogP) is 2.41. The number of hydrogen-bond acceptors (Lipinski definition) is 3. The summed E-state index contributed by atoms with van der Waals surface area (Å²) in [4.78, 5) is 1.98. The predicted molar refractivity (Wildman–Crippen MR) is 73.5 cm³/mol. The number of methoxy groups -OCH3 is 1. The van der Waals surface area contributed by atoms with E-state index in [-0.39, 0.29) is 5.82 Å². The molecule has 4 heteroatoms. The minimum absolute atomic E-state index is 0.164. The van der Waals surface area contributed by atoms with Crippen LogP contribution in [0.3, 0.4) is 0 Å². The zero-order valence-electron chi connectivity index (χ0n) is 11.5. The molecule has 0 atom stereocenters. The van der Waals surface area contributed by atoms with Gasteiger partial charge in [0.2, 0.25) is 0 Å². The van der Waals surface area contributed by atoms with Crippen LogP contribution in [0.25, 0.3) is 0 Å². The van der Waals surface area contributed by atoms with E-state index in [0.29, 0.717) is 25.4 Å². The van der Waals surface area contributed by atoms with Crippen molar-refractivity contribution in [3.63, 3.8) is 0 Å². The van der Waals surface area contributed by atoms with Crippen molar-refractivity contribution in [3.8, 4) is 0 Å². The first-order valence-electron chi connectivity index (χ1n) is 6.45. The molecule has 0 heterocycles. The average Bonchev–Trinajstić information content (AvgIpc) is 2.39. The Bertz CT molecular complexity index is 358. The van der Waals surface area contributed by atoms with Crippen LogP contribution < -0.4 is 10.2 Å². The fourth-order valence-corrected chi connectivity index (χ4v) is 1.84. The number of rotatable bonds is 8. The molecule has 0 aromatic heterocycles. The second kappa shape index (κ2) is 8.06. The van der Waals surface area contributed by atoms with Crippen LogP contribution in [0.4, 0.5) is 10.1 Å². The molecular formula is C14H23FN2O. The molecule has 0 aliphatic carbocycles. The van der Waals surface area contributed by atoms with Crippen LogP contribution in [-0.4, -0.2) is 33.4 Å². The van der Waals surface area contributed by atoms with Crippen molar-refractivity contribution < 1.29 is 9.13 Å². The van der Waals surface area contributed by atoms with E-state index in [1.54, 1.807) is 13.2 Å². The lowest BCUT2D eigenvalue weighted by molar-refractivity contribution is 0.205. The number of likely N-dealkylation sites (N-methyl/N-ethyl adjacent to an activating group) is 1. The summed E-state index contributed by atoms with van der Waals surface area (Å²) >= 11 is 0. The maximum atomic E-state index is 14.0. The van der Waals surface area contributed by atoms with Gasteiger partial charge >= 0.3 is 0 Å². The molecule has 0 fully saturated rings. The van der Waals surface area contributed by atoms with Crippen molar-refractivity contribution in [1.82, 2.24) is 5.32 Å². The Balaban J connectivity index is 2.75. The number of nitrogens with one attached hydrogen (secondary N) is 1. The molecule has 1 aromatic rings. The maximum absolute atomic E-state index is 14.0. The molecule has 0 bridgehead atoms. The molecule has 1 rings (SSSR count). The molecule has 0 aliphatic heterocycles. The Morgan fingerprint density at radius 3 is 2.67 bits per heavy atom. The third kappa shape index (κ3) is 4.27. The van der Waals surface area contributed by atoms with Crippen LogP contribution in [-0.2, 0) is 11.3 Å². The van der Waals surface area contributed by atoms with Crippen LogP contribution in [0, 0.1) is 5.82 Å². The van der Waals surface area contributed by atoms with E-state index >= 15 is 0 Å². The van der Waals surface area contributed by atoms with Gasteiger partial charge in [-0.1, -0.05) is 13.0 Å². The van der Waals surface area contributed by atoms with Crippen LogP contribution in [0.1, 0.15) is 19.4 Å². The highest BCUT2D eigenvalue weighted by Gasteiger charge is 2.10. The molecule has 0 radical (unpaired) electrons. The second-order valence-electron chi connectivity index (χ2n) is 4.14. The fraction of sp³-hybridized carbons (Fsp3) is 0.571. The molecule has 0 unspecified atom stereocenters. The van der Waals surface area contributed by atoms with Crippen molar-refractivity contribution in [1.29, 1.82) is 0 Å². The summed E-state index contributed by atoms with van der Waals surface area (Å²) < 4.78 is 19.1. The molecule has 0 saturated heterocycles. The Kier molecular flexibility index (Phi) is 6.68. The molecule has 0 saturated carbocycles. The van der Waals surface area contributed by atoms with Gasteiger partial charge in [-0.05, 0) is 31.2 Å². The largest absolute Gasteiger partial charge is 0.383 e. The van der Waals surface area contributed by atoms with E-state index in [1.165, 1.54) is 0 Å². The van der Waals surface area contributed by atoms with Crippen molar-refractivity contribution in [2.24, 2.45) is 0 Å². The van der Waals surface area contributed by atoms with Gasteiger partial charge in [0.1, 0.15) is 5.82 Å². The van der Waals surface area contributed by atoms with E-state index in [0.717, 1.165) is 18.7 Å². The number of nitrogens with zero attached hydrogens (tertiary/aromatic N) is 1. The van der Waals surface area contributed by atoms with Gasteiger partial charge in [0, 0.05) is 26.7 Å². The number of benzene rings is 1. The third-order valence-electron chi connectivity index (χ3n) is 2.88. The standard InChI is InChI=1S/C14H23FN2O/c1-4-16-11-12-6-7-14(13(15)10-12)17(5-2)8-9-18-3/h6-7,10,16H,4-5,8-9,11H2,1-3H3. The first kappa shape index (κ1) is 14.9. The Labute approximate surface area is 109 Å². The van der Waals surface area contributed by atoms with Gasteiger partial charge in [0.05, 0.1) is 12.3 Å². The molecule has 0 aliphatic rings. The molecule has 3 nitrogen and oxygen atoms in total. The number of anilines is 1. The first-order chi connectivity index (χ1) is 8.72. The minimum atomic E-state index is -0.164. The Hall–Kier alpha value is -1.13. The minimum Gasteiger partial charge on any atom is -0.383 e. The summed E-state index contributed by atoms with van der Waals surface area (Å²) in [6.45, 7) is 7.72. The van der Waals surface area contributed by atoms with Crippen LogP contribution >= 0.6 is 0 Å². The lowest BCUT2D eigenvalue weighted by atomic mass is 10.1. The van der Waals surface area contributed by atoms with Gasteiger partial charge in [-0.2, -0.15) is 0 Å². The number of hydrogen-bond donors (Lipinski definition) is 1.